The predicted octanol–water partition coefficient (Wildman–Crippen LogP) is 3.78. The number of rotatable bonds is 3. The van der Waals surface area contributed by atoms with Crippen LogP contribution in [0.2, 0.25) is 5.02 Å². The van der Waals surface area contributed by atoms with Crippen LogP contribution in [-0.2, 0) is 9.84 Å². The highest BCUT2D eigenvalue weighted by molar-refractivity contribution is 6.30. The monoisotopic (exact) mass is 249 g/mol. The van der Waals surface area contributed by atoms with Crippen LogP contribution in [0.25, 0.3) is 5.70 Å². The van der Waals surface area contributed by atoms with Gasteiger partial charge in [0.25, 0.3) is 0 Å². The van der Waals surface area contributed by atoms with E-state index in [-0.39, 0.29) is 5.70 Å². The SMILES string of the molecule is CCOC([O])=C1C=C(c2cccc(Cl)c2)N=N1. The van der Waals surface area contributed by atoms with Crippen LogP contribution in [-0.4, -0.2) is 6.61 Å². The first-order chi connectivity index (χ1) is 8.20. The zero-order valence-electron chi connectivity index (χ0n) is 9.18. The van der Waals surface area contributed by atoms with Gasteiger partial charge in [-0.2, -0.15) is 0 Å². The summed E-state index contributed by atoms with van der Waals surface area (Å²) in [6.45, 7) is 2.06. The summed E-state index contributed by atoms with van der Waals surface area (Å²) in [7, 11) is 0. The Kier molecular flexibility index (Phi) is 3.44. The molecule has 0 saturated heterocycles. The highest BCUT2D eigenvalue weighted by Gasteiger charge is 2.14. The molecule has 0 aromatic heterocycles. The van der Waals surface area contributed by atoms with Gasteiger partial charge in [0.05, 0.1) is 12.3 Å². The van der Waals surface area contributed by atoms with Crippen molar-refractivity contribution in [1.82, 2.24) is 0 Å². The van der Waals surface area contributed by atoms with Gasteiger partial charge in [-0.25, -0.2) is 5.11 Å². The highest BCUT2D eigenvalue weighted by Crippen LogP contribution is 2.28. The van der Waals surface area contributed by atoms with Crippen LogP contribution in [0.4, 0.5) is 0 Å². The maximum atomic E-state index is 11.4. The molecule has 0 N–H and O–H groups in total. The maximum absolute atomic E-state index is 11.4. The molecule has 0 bridgehead atoms. The average Bonchev–Trinajstić information content (AvgIpc) is 2.78. The summed E-state index contributed by atoms with van der Waals surface area (Å²) in [4.78, 5) is 0. The van der Waals surface area contributed by atoms with Crippen molar-refractivity contribution in [3.63, 3.8) is 0 Å². The van der Waals surface area contributed by atoms with Crippen molar-refractivity contribution >= 4 is 17.3 Å². The molecular weight excluding hydrogens is 240 g/mol. The van der Waals surface area contributed by atoms with Gasteiger partial charge in [-0.15, -0.1) is 10.2 Å². The van der Waals surface area contributed by atoms with E-state index in [0.29, 0.717) is 17.3 Å². The van der Waals surface area contributed by atoms with Gasteiger partial charge < -0.3 is 4.74 Å². The summed E-state index contributed by atoms with van der Waals surface area (Å²) in [5, 5.41) is 19.7. The standard InChI is InChI=1S/C12H10ClN2O2/c1-2-17-12(16)11-7-10(14-15-11)8-4-3-5-9(13)6-8/h3-7H,2H2,1H3. The topological polar surface area (TPSA) is 53.8 Å². The number of hydrogen-bond donors (Lipinski definition) is 0. The van der Waals surface area contributed by atoms with Crippen LogP contribution in [0.3, 0.4) is 0 Å². The van der Waals surface area contributed by atoms with Crippen molar-refractivity contribution in [1.29, 1.82) is 0 Å². The first-order valence-corrected chi connectivity index (χ1v) is 5.52. The van der Waals surface area contributed by atoms with Gasteiger partial charge in [-0.05, 0) is 19.1 Å². The van der Waals surface area contributed by atoms with Crippen LogP contribution in [0, 0.1) is 0 Å². The Morgan fingerprint density at radius 3 is 2.94 bits per heavy atom. The molecule has 87 valence electrons. The lowest BCUT2D eigenvalue weighted by Gasteiger charge is -1.97. The lowest BCUT2D eigenvalue weighted by Crippen LogP contribution is -1.90. The fraction of sp³-hybridized carbons (Fsp3) is 0.167. The van der Waals surface area contributed by atoms with E-state index >= 15 is 0 Å². The number of allylic oxidation sites excluding steroid dienone is 1. The number of benzene rings is 1. The van der Waals surface area contributed by atoms with E-state index in [1.165, 1.54) is 0 Å². The molecule has 1 heterocycles. The van der Waals surface area contributed by atoms with Crippen molar-refractivity contribution < 1.29 is 9.84 Å². The van der Waals surface area contributed by atoms with Crippen LogP contribution in [0.5, 0.6) is 0 Å². The molecular formula is C12H10ClN2O2. The molecule has 0 spiro atoms. The summed E-state index contributed by atoms with van der Waals surface area (Å²) in [5.74, 6) is -0.465. The Labute approximate surface area is 104 Å². The predicted molar refractivity (Wildman–Crippen MR) is 63.6 cm³/mol. The summed E-state index contributed by atoms with van der Waals surface area (Å²) in [6.07, 6.45) is 1.59. The third-order valence-corrected chi connectivity index (χ3v) is 2.38. The normalized spacial score (nSPS) is 16.9. The number of nitrogens with zero attached hydrogens (tertiary/aromatic N) is 2. The minimum atomic E-state index is -0.465. The van der Waals surface area contributed by atoms with Crippen molar-refractivity contribution in [2.24, 2.45) is 10.2 Å². The van der Waals surface area contributed by atoms with Crippen molar-refractivity contribution in [3.8, 4) is 0 Å². The van der Waals surface area contributed by atoms with E-state index in [9.17, 15) is 5.11 Å². The lowest BCUT2D eigenvalue weighted by molar-refractivity contribution is 0.0565. The van der Waals surface area contributed by atoms with Crippen LogP contribution >= 0.6 is 11.6 Å². The molecule has 1 aliphatic heterocycles. The van der Waals surface area contributed by atoms with Crippen molar-refractivity contribution in [2.75, 3.05) is 6.61 Å². The smallest absolute Gasteiger partial charge is 0.358 e. The Hall–Kier alpha value is -1.81. The summed E-state index contributed by atoms with van der Waals surface area (Å²) in [6, 6.07) is 7.20. The fourth-order valence-electron chi connectivity index (χ4n) is 1.39. The molecule has 0 saturated carbocycles. The molecule has 0 amide bonds. The number of halogens is 1. The van der Waals surface area contributed by atoms with E-state index in [0.717, 1.165) is 5.56 Å². The zero-order chi connectivity index (χ0) is 12.3. The first kappa shape index (κ1) is 11.7. The molecule has 1 aromatic rings. The number of azo groups is 1. The molecule has 1 radical (unpaired) electrons. The molecule has 0 atom stereocenters. The second-order valence-corrected chi connectivity index (χ2v) is 3.78. The minimum absolute atomic E-state index is 0.210. The Bertz CT molecular complexity index is 521. The van der Waals surface area contributed by atoms with E-state index in [1.807, 2.05) is 12.1 Å². The van der Waals surface area contributed by atoms with E-state index in [2.05, 4.69) is 10.2 Å². The molecule has 5 heteroatoms. The van der Waals surface area contributed by atoms with Gasteiger partial charge in [0, 0.05) is 16.7 Å². The van der Waals surface area contributed by atoms with Gasteiger partial charge in [0.15, 0.2) is 5.70 Å². The summed E-state index contributed by atoms with van der Waals surface area (Å²) in [5.41, 5.74) is 1.64. The highest BCUT2D eigenvalue weighted by atomic mass is 35.5. The van der Waals surface area contributed by atoms with Crippen molar-refractivity contribution in [3.05, 3.63) is 52.6 Å². The van der Waals surface area contributed by atoms with E-state index in [1.54, 1.807) is 25.1 Å². The fourth-order valence-corrected chi connectivity index (χ4v) is 1.58. The lowest BCUT2D eigenvalue weighted by atomic mass is 10.1. The molecule has 0 fully saturated rings. The van der Waals surface area contributed by atoms with Gasteiger partial charge in [-0.3, -0.25) is 0 Å². The van der Waals surface area contributed by atoms with Gasteiger partial charge in [0.1, 0.15) is 0 Å². The quantitative estimate of drug-likeness (QED) is 0.752. The molecule has 1 aliphatic rings. The molecule has 0 unspecified atom stereocenters. The number of ether oxygens (including phenoxy) is 1. The Balaban J connectivity index is 2.29. The van der Waals surface area contributed by atoms with E-state index < -0.39 is 5.95 Å². The summed E-state index contributed by atoms with van der Waals surface area (Å²) < 4.78 is 4.83. The van der Waals surface area contributed by atoms with Gasteiger partial charge >= 0.3 is 5.95 Å². The molecule has 1 aromatic carbocycles. The van der Waals surface area contributed by atoms with Gasteiger partial charge in [0.2, 0.25) is 0 Å². The van der Waals surface area contributed by atoms with E-state index in [4.69, 9.17) is 16.3 Å². The largest absolute Gasteiger partial charge is 0.461 e. The second kappa shape index (κ2) is 5.01. The first-order valence-electron chi connectivity index (χ1n) is 5.14. The Morgan fingerprint density at radius 2 is 2.24 bits per heavy atom. The average molecular weight is 250 g/mol. The van der Waals surface area contributed by atoms with Crippen LogP contribution in [0.15, 0.2) is 52.2 Å². The second-order valence-electron chi connectivity index (χ2n) is 3.35. The third kappa shape index (κ3) is 2.65. The summed E-state index contributed by atoms with van der Waals surface area (Å²) >= 11 is 5.87. The number of hydrogen-bond acceptors (Lipinski definition) is 3. The molecule has 4 nitrogen and oxygen atoms in total. The minimum Gasteiger partial charge on any atom is -0.461 e. The van der Waals surface area contributed by atoms with Crippen molar-refractivity contribution in [2.45, 2.75) is 6.92 Å². The zero-order valence-corrected chi connectivity index (χ0v) is 9.94. The molecule has 17 heavy (non-hydrogen) atoms. The van der Waals surface area contributed by atoms with Gasteiger partial charge in [-0.1, -0.05) is 23.7 Å². The van der Waals surface area contributed by atoms with Crippen LogP contribution in [0.1, 0.15) is 12.5 Å². The van der Waals surface area contributed by atoms with Crippen LogP contribution < -0.4 is 0 Å². The Morgan fingerprint density at radius 1 is 1.41 bits per heavy atom. The molecule has 0 aliphatic carbocycles. The third-order valence-electron chi connectivity index (χ3n) is 2.14. The molecule has 2 rings (SSSR count). The maximum Gasteiger partial charge on any atom is 0.358 e.